The molecule has 0 fully saturated rings. The van der Waals surface area contributed by atoms with Crippen LogP contribution in [-0.4, -0.2) is 23.9 Å². The van der Waals surface area contributed by atoms with Gasteiger partial charge in [0.1, 0.15) is 0 Å². The van der Waals surface area contributed by atoms with Crippen LogP contribution >= 0.6 is 11.6 Å². The van der Waals surface area contributed by atoms with Crippen LogP contribution in [0.25, 0.3) is 0 Å². The van der Waals surface area contributed by atoms with E-state index in [-0.39, 0.29) is 6.29 Å². The first kappa shape index (κ1) is 27.6. The second-order valence-corrected chi connectivity index (χ2v) is 8.93. The first-order valence-corrected chi connectivity index (χ1v) is 12.7. The normalized spacial score (nSPS) is 10.6. The molecule has 2 aromatic rings. The van der Waals surface area contributed by atoms with Gasteiger partial charge in [-0.1, -0.05) is 99.6 Å². The summed E-state index contributed by atoms with van der Waals surface area (Å²) in [4.78, 5) is 27.5. The molecular weight excluding hydrogens is 446 g/mol. The summed E-state index contributed by atoms with van der Waals surface area (Å²) >= 11 is 6.04. The van der Waals surface area contributed by atoms with Crippen molar-refractivity contribution < 1.29 is 14.4 Å². The van der Waals surface area contributed by atoms with Gasteiger partial charge in [0.2, 0.25) is 6.29 Å². The van der Waals surface area contributed by atoms with E-state index in [1.807, 2.05) is 48.5 Å². The van der Waals surface area contributed by atoms with E-state index in [0.29, 0.717) is 24.5 Å². The Balaban J connectivity index is 1.79. The third-order valence-corrected chi connectivity index (χ3v) is 5.79. The smallest absolute Gasteiger partial charge is 0.362 e. The fraction of sp³-hybridized carbons (Fsp3) is 0.448. The van der Waals surface area contributed by atoms with E-state index in [4.69, 9.17) is 16.4 Å². The van der Waals surface area contributed by atoms with Gasteiger partial charge in [0.15, 0.2) is 0 Å². The number of nitrogens with zero attached hydrogens (tertiary/aromatic N) is 1. The Hall–Kier alpha value is -2.61. The molecule has 4 nitrogen and oxygen atoms in total. The summed E-state index contributed by atoms with van der Waals surface area (Å²) in [6, 6.07) is 15.4. The molecule has 0 N–H and O–H groups in total. The van der Waals surface area contributed by atoms with Gasteiger partial charge in [-0.3, -0.25) is 4.79 Å². The molecule has 0 unspecified atom stereocenters. The molecule has 0 aromatic heterocycles. The summed E-state index contributed by atoms with van der Waals surface area (Å²) in [6.07, 6.45) is 12.2. The van der Waals surface area contributed by atoms with Crippen LogP contribution in [0, 0.1) is 11.8 Å². The average Bonchev–Trinajstić information content (AvgIpc) is 2.84. The maximum atomic E-state index is 11.5. The molecular formula is C29H36ClNO3. The molecule has 2 aromatic carbocycles. The summed E-state index contributed by atoms with van der Waals surface area (Å²) in [5.41, 5.74) is 2.97. The maximum absolute atomic E-state index is 11.5. The lowest BCUT2D eigenvalue weighted by molar-refractivity contribution is -0.191. The van der Waals surface area contributed by atoms with E-state index >= 15 is 0 Å². The van der Waals surface area contributed by atoms with Gasteiger partial charge >= 0.3 is 5.97 Å². The fourth-order valence-electron chi connectivity index (χ4n) is 3.66. The lowest BCUT2D eigenvalue weighted by Crippen LogP contribution is -2.29. The number of unbranched alkanes of at least 4 members (excludes halogenated alkanes) is 8. The highest BCUT2D eigenvalue weighted by atomic mass is 35.5. The van der Waals surface area contributed by atoms with Gasteiger partial charge in [0, 0.05) is 23.6 Å². The molecule has 0 aliphatic carbocycles. The van der Waals surface area contributed by atoms with Gasteiger partial charge in [-0.25, -0.2) is 4.79 Å². The predicted molar refractivity (Wildman–Crippen MR) is 138 cm³/mol. The molecule has 5 heteroatoms. The van der Waals surface area contributed by atoms with E-state index in [2.05, 4.69) is 18.8 Å². The zero-order chi connectivity index (χ0) is 24.4. The average molecular weight is 482 g/mol. The molecule has 0 saturated carbocycles. The molecule has 0 aliphatic heterocycles. The minimum Gasteiger partial charge on any atom is -0.362 e. The van der Waals surface area contributed by atoms with Crippen molar-refractivity contribution in [3.05, 3.63) is 70.2 Å². The van der Waals surface area contributed by atoms with Crippen molar-refractivity contribution in [1.29, 1.82) is 0 Å². The summed E-state index contributed by atoms with van der Waals surface area (Å²) < 4.78 is 0. The summed E-state index contributed by atoms with van der Waals surface area (Å²) in [5, 5.41) is 2.16. The van der Waals surface area contributed by atoms with Crippen LogP contribution in [0.4, 0.5) is 0 Å². The minimum atomic E-state index is -0.908. The van der Waals surface area contributed by atoms with E-state index < -0.39 is 5.97 Å². The molecule has 0 aliphatic rings. The zero-order valence-corrected chi connectivity index (χ0v) is 21.0. The molecule has 0 atom stereocenters. The predicted octanol–water partition coefficient (Wildman–Crippen LogP) is 6.92. The highest BCUT2D eigenvalue weighted by molar-refractivity contribution is 6.30. The van der Waals surface area contributed by atoms with Crippen molar-refractivity contribution in [2.75, 3.05) is 6.54 Å². The lowest BCUT2D eigenvalue weighted by atomic mass is 10.1. The number of carbonyl (C=O) groups is 2. The Kier molecular flexibility index (Phi) is 13.8. The van der Waals surface area contributed by atoms with Crippen LogP contribution in [-0.2, 0) is 27.4 Å². The quantitative estimate of drug-likeness (QED) is 0.0909. The molecule has 0 amide bonds. The number of rotatable bonds is 15. The van der Waals surface area contributed by atoms with E-state index in [1.165, 1.54) is 50.0 Å². The van der Waals surface area contributed by atoms with Gasteiger partial charge in [-0.05, 0) is 48.2 Å². The molecule has 34 heavy (non-hydrogen) atoms. The number of hydrogen-bond acceptors (Lipinski definition) is 4. The molecule has 2 rings (SSSR count). The number of carbonyl (C=O) groups excluding carboxylic acids is 2. The summed E-state index contributed by atoms with van der Waals surface area (Å²) in [6.45, 7) is 3.07. The Bertz CT molecular complexity index is 930. The highest BCUT2D eigenvalue weighted by Gasteiger charge is 2.12. The van der Waals surface area contributed by atoms with E-state index in [1.54, 1.807) is 0 Å². The summed E-state index contributed by atoms with van der Waals surface area (Å²) in [5.74, 6) is 5.59. The van der Waals surface area contributed by atoms with Crippen LogP contribution in [0.3, 0.4) is 0 Å². The minimum absolute atomic E-state index is 0.178. The number of hydroxylamine groups is 2. The number of hydrogen-bond donors (Lipinski definition) is 0. The highest BCUT2D eigenvalue weighted by Crippen LogP contribution is 2.14. The van der Waals surface area contributed by atoms with Crippen molar-refractivity contribution in [3.63, 3.8) is 0 Å². The van der Waals surface area contributed by atoms with Crippen LogP contribution in [0.1, 0.15) is 81.4 Å². The molecule has 0 spiro atoms. The fourth-order valence-corrected chi connectivity index (χ4v) is 3.87. The second-order valence-electron chi connectivity index (χ2n) is 8.50. The molecule has 0 heterocycles. The maximum Gasteiger partial charge on any atom is 0.390 e. The monoisotopic (exact) mass is 481 g/mol. The first-order valence-electron chi connectivity index (χ1n) is 12.3. The van der Waals surface area contributed by atoms with Gasteiger partial charge in [-0.15, -0.1) is 5.06 Å². The Morgan fingerprint density at radius 2 is 1.68 bits per heavy atom. The van der Waals surface area contributed by atoms with Gasteiger partial charge in [0.25, 0.3) is 0 Å². The topological polar surface area (TPSA) is 46.6 Å². The van der Waals surface area contributed by atoms with Crippen molar-refractivity contribution >= 4 is 23.9 Å². The van der Waals surface area contributed by atoms with Crippen molar-refractivity contribution in [3.8, 4) is 11.8 Å². The van der Waals surface area contributed by atoms with Crippen molar-refractivity contribution in [1.82, 2.24) is 5.06 Å². The largest absolute Gasteiger partial charge is 0.390 e. The Morgan fingerprint density at radius 3 is 2.35 bits per heavy atom. The zero-order valence-electron chi connectivity index (χ0n) is 20.2. The third-order valence-electron chi connectivity index (χ3n) is 5.56. The van der Waals surface area contributed by atoms with Crippen LogP contribution in [0.15, 0.2) is 48.5 Å². The van der Waals surface area contributed by atoms with Crippen LogP contribution in [0.5, 0.6) is 0 Å². The van der Waals surface area contributed by atoms with Crippen molar-refractivity contribution in [2.24, 2.45) is 0 Å². The molecule has 0 bridgehead atoms. The third kappa shape index (κ3) is 12.0. The van der Waals surface area contributed by atoms with Crippen LogP contribution in [0.2, 0.25) is 5.02 Å². The second kappa shape index (κ2) is 16.9. The van der Waals surface area contributed by atoms with E-state index in [0.717, 1.165) is 29.5 Å². The molecule has 0 radical (unpaired) electrons. The molecule has 0 saturated heterocycles. The summed E-state index contributed by atoms with van der Waals surface area (Å²) in [7, 11) is 0. The standard InChI is InChI=1S/C29H36ClNO3/c1-2-3-4-5-6-7-8-9-10-11-13-25-16-18-27(19-17-25)23-31(34-29(33)24-32)21-20-26-14-12-15-28(30)22-26/h12,14-19,22,24H,2-10,20-21,23H2,1H3. The van der Waals surface area contributed by atoms with Gasteiger partial charge in [0.05, 0.1) is 6.54 Å². The van der Waals surface area contributed by atoms with E-state index in [9.17, 15) is 9.59 Å². The Morgan fingerprint density at radius 1 is 0.971 bits per heavy atom. The number of benzene rings is 2. The SMILES string of the molecule is CCCCCCCCCCC#Cc1ccc(CN(CCc2cccc(Cl)c2)OC(=O)C=O)cc1. The van der Waals surface area contributed by atoms with Gasteiger partial charge in [-0.2, -0.15) is 0 Å². The number of aldehydes is 1. The first-order chi connectivity index (χ1) is 16.6. The van der Waals surface area contributed by atoms with Crippen LogP contribution < -0.4 is 0 Å². The Labute approximate surface area is 209 Å². The number of halogens is 1. The lowest BCUT2D eigenvalue weighted by Gasteiger charge is -2.20. The van der Waals surface area contributed by atoms with Gasteiger partial charge < -0.3 is 4.84 Å². The molecule has 182 valence electrons. The van der Waals surface area contributed by atoms with Crippen molar-refractivity contribution in [2.45, 2.75) is 77.7 Å².